The van der Waals surface area contributed by atoms with Crippen LogP contribution in [0.3, 0.4) is 0 Å². The molecule has 3 nitrogen and oxygen atoms in total. The van der Waals surface area contributed by atoms with Gasteiger partial charge in [0.1, 0.15) is 18.1 Å². The summed E-state index contributed by atoms with van der Waals surface area (Å²) in [5, 5.41) is 0. The third kappa shape index (κ3) is 3.85. The van der Waals surface area contributed by atoms with Crippen molar-refractivity contribution in [1.82, 2.24) is 0 Å². The Bertz CT molecular complexity index is 1100. The maximum absolute atomic E-state index is 12.7. The molecule has 0 radical (unpaired) electrons. The van der Waals surface area contributed by atoms with Crippen LogP contribution in [0.4, 0.5) is 0 Å². The van der Waals surface area contributed by atoms with Crippen LogP contribution in [0, 0.1) is 13.8 Å². The molecule has 1 aliphatic heterocycles. The van der Waals surface area contributed by atoms with E-state index < -0.39 is 0 Å². The lowest BCUT2D eigenvalue weighted by atomic mass is 10.1. The zero-order valence-electron chi connectivity index (χ0n) is 16.6. The number of carbonyl (C=O) groups is 1. The van der Waals surface area contributed by atoms with Gasteiger partial charge in [0.05, 0.1) is 5.56 Å². The second-order valence-corrected chi connectivity index (χ2v) is 7.15. The van der Waals surface area contributed by atoms with Crippen LogP contribution >= 0.6 is 0 Å². The molecule has 0 aromatic heterocycles. The molecule has 29 heavy (non-hydrogen) atoms. The lowest BCUT2D eigenvalue weighted by molar-refractivity contribution is 0.101. The molecule has 0 atom stereocenters. The molecule has 1 heterocycles. The highest BCUT2D eigenvalue weighted by molar-refractivity contribution is 6.14. The summed E-state index contributed by atoms with van der Waals surface area (Å²) in [7, 11) is 0. The number of rotatable bonds is 5. The number of Topliss-reactive ketones (excluding diaryl/α,β-unsaturated/α-hetero) is 1. The lowest BCUT2D eigenvalue weighted by Crippen LogP contribution is -1.98. The number of hydrogen-bond donors (Lipinski definition) is 0. The topological polar surface area (TPSA) is 35.5 Å². The first-order valence-corrected chi connectivity index (χ1v) is 9.54. The van der Waals surface area contributed by atoms with Crippen LogP contribution in [-0.4, -0.2) is 5.78 Å². The SMILES string of the molecule is C=Cc1ccc(COc2ccc3c(c2C)O/C(=C\c2ccc(C)cc2)C3=O)cc1. The van der Waals surface area contributed by atoms with Gasteiger partial charge in [0.15, 0.2) is 5.76 Å². The molecule has 0 amide bonds. The minimum atomic E-state index is -0.102. The van der Waals surface area contributed by atoms with Crippen LogP contribution in [0.5, 0.6) is 11.5 Å². The van der Waals surface area contributed by atoms with Gasteiger partial charge in [-0.15, -0.1) is 0 Å². The van der Waals surface area contributed by atoms with Crippen LogP contribution in [0.2, 0.25) is 0 Å². The first kappa shape index (κ1) is 18.8. The monoisotopic (exact) mass is 382 g/mol. The Balaban J connectivity index is 1.54. The highest BCUT2D eigenvalue weighted by Crippen LogP contribution is 2.39. The van der Waals surface area contributed by atoms with E-state index in [1.165, 1.54) is 5.56 Å². The number of ether oxygens (including phenoxy) is 2. The van der Waals surface area contributed by atoms with E-state index in [-0.39, 0.29) is 5.78 Å². The van der Waals surface area contributed by atoms with Crippen LogP contribution < -0.4 is 9.47 Å². The van der Waals surface area contributed by atoms with Gasteiger partial charge in [0, 0.05) is 5.56 Å². The van der Waals surface area contributed by atoms with Gasteiger partial charge in [-0.3, -0.25) is 4.79 Å². The van der Waals surface area contributed by atoms with Gasteiger partial charge in [-0.2, -0.15) is 0 Å². The van der Waals surface area contributed by atoms with E-state index in [2.05, 4.69) is 6.58 Å². The quantitative estimate of drug-likeness (QED) is 0.497. The number of ketones is 1. The van der Waals surface area contributed by atoms with Crippen LogP contribution in [0.15, 0.2) is 73.0 Å². The molecule has 3 aromatic rings. The van der Waals surface area contributed by atoms with Crippen molar-refractivity contribution >= 4 is 17.9 Å². The first-order chi connectivity index (χ1) is 14.0. The van der Waals surface area contributed by atoms with Crippen molar-refractivity contribution in [2.45, 2.75) is 20.5 Å². The Morgan fingerprint density at radius 2 is 1.62 bits per heavy atom. The minimum Gasteiger partial charge on any atom is -0.488 e. The summed E-state index contributed by atoms with van der Waals surface area (Å²) in [5.74, 6) is 1.52. The average Bonchev–Trinajstić information content (AvgIpc) is 3.06. The number of hydrogen-bond acceptors (Lipinski definition) is 3. The third-order valence-corrected chi connectivity index (χ3v) is 5.02. The van der Waals surface area contributed by atoms with Crippen LogP contribution in [0.25, 0.3) is 12.2 Å². The Labute approximate surface area is 170 Å². The van der Waals surface area contributed by atoms with Gasteiger partial charge in [0.2, 0.25) is 5.78 Å². The van der Waals surface area contributed by atoms with E-state index in [9.17, 15) is 4.79 Å². The summed E-state index contributed by atoms with van der Waals surface area (Å²) < 4.78 is 11.9. The van der Waals surface area contributed by atoms with Gasteiger partial charge in [-0.25, -0.2) is 0 Å². The Morgan fingerprint density at radius 3 is 2.31 bits per heavy atom. The maximum atomic E-state index is 12.7. The summed E-state index contributed by atoms with van der Waals surface area (Å²) in [5.41, 5.74) is 5.64. The predicted octanol–water partition coefficient (Wildman–Crippen LogP) is 6.14. The van der Waals surface area contributed by atoms with Crippen molar-refractivity contribution in [1.29, 1.82) is 0 Å². The van der Waals surface area contributed by atoms with Gasteiger partial charge < -0.3 is 9.47 Å². The number of carbonyl (C=O) groups excluding carboxylic acids is 1. The van der Waals surface area contributed by atoms with Gasteiger partial charge in [-0.1, -0.05) is 66.7 Å². The summed E-state index contributed by atoms with van der Waals surface area (Å²) >= 11 is 0. The van der Waals surface area contributed by atoms with E-state index in [0.29, 0.717) is 29.4 Å². The van der Waals surface area contributed by atoms with E-state index in [1.54, 1.807) is 12.1 Å². The zero-order valence-corrected chi connectivity index (χ0v) is 16.6. The normalized spacial score (nSPS) is 13.9. The number of benzene rings is 3. The third-order valence-electron chi connectivity index (χ3n) is 5.02. The van der Waals surface area contributed by atoms with Gasteiger partial charge in [0.25, 0.3) is 0 Å². The number of allylic oxidation sites excluding steroid dienone is 1. The number of aryl methyl sites for hydroxylation is 1. The second-order valence-electron chi connectivity index (χ2n) is 7.15. The molecule has 0 N–H and O–H groups in total. The average molecular weight is 382 g/mol. The van der Waals surface area contributed by atoms with Gasteiger partial charge in [-0.05, 0) is 48.7 Å². The fourth-order valence-corrected chi connectivity index (χ4v) is 3.25. The summed E-state index contributed by atoms with van der Waals surface area (Å²) in [6.45, 7) is 8.15. The van der Waals surface area contributed by atoms with Crippen LogP contribution in [-0.2, 0) is 6.61 Å². The fourth-order valence-electron chi connectivity index (χ4n) is 3.25. The van der Waals surface area contributed by atoms with Crippen molar-refractivity contribution in [3.63, 3.8) is 0 Å². The second kappa shape index (κ2) is 7.80. The molecule has 0 saturated carbocycles. The Morgan fingerprint density at radius 1 is 0.931 bits per heavy atom. The summed E-state index contributed by atoms with van der Waals surface area (Å²) in [6.07, 6.45) is 3.59. The van der Waals surface area contributed by atoms with E-state index >= 15 is 0 Å². The Kier molecular flexibility index (Phi) is 5.05. The molecule has 3 heteroatoms. The van der Waals surface area contributed by atoms with Gasteiger partial charge >= 0.3 is 0 Å². The highest BCUT2D eigenvalue weighted by Gasteiger charge is 2.30. The standard InChI is InChI=1S/C26H22O3/c1-4-19-9-11-21(12-10-19)16-28-23-14-13-22-25(27)24(29-26(22)18(23)3)15-20-7-5-17(2)6-8-20/h4-15H,1,16H2,2-3H3/b24-15-. The molecule has 0 aliphatic carbocycles. The van der Waals surface area contributed by atoms with Crippen molar-refractivity contribution < 1.29 is 14.3 Å². The van der Waals surface area contributed by atoms with E-state index in [4.69, 9.17) is 9.47 Å². The molecular weight excluding hydrogens is 360 g/mol. The molecule has 1 aliphatic rings. The molecule has 0 bridgehead atoms. The van der Waals surface area contributed by atoms with E-state index in [1.807, 2.05) is 74.5 Å². The van der Waals surface area contributed by atoms with Crippen molar-refractivity contribution in [2.24, 2.45) is 0 Å². The number of fused-ring (bicyclic) bond motifs is 1. The van der Waals surface area contributed by atoms with Crippen molar-refractivity contribution in [3.05, 3.63) is 106 Å². The largest absolute Gasteiger partial charge is 0.488 e. The molecular formula is C26H22O3. The van der Waals surface area contributed by atoms with Crippen molar-refractivity contribution in [3.8, 4) is 11.5 Å². The zero-order chi connectivity index (χ0) is 20.4. The molecule has 0 unspecified atom stereocenters. The molecule has 4 rings (SSSR count). The van der Waals surface area contributed by atoms with E-state index in [0.717, 1.165) is 22.3 Å². The van der Waals surface area contributed by atoms with Crippen molar-refractivity contribution in [2.75, 3.05) is 0 Å². The molecule has 0 spiro atoms. The first-order valence-electron chi connectivity index (χ1n) is 9.54. The molecule has 3 aromatic carbocycles. The highest BCUT2D eigenvalue weighted by atomic mass is 16.5. The summed E-state index contributed by atoms with van der Waals surface area (Å²) in [4.78, 5) is 12.7. The summed E-state index contributed by atoms with van der Waals surface area (Å²) in [6, 6.07) is 19.6. The lowest BCUT2D eigenvalue weighted by Gasteiger charge is -2.11. The maximum Gasteiger partial charge on any atom is 0.231 e. The molecule has 0 fully saturated rings. The molecule has 0 saturated heterocycles. The van der Waals surface area contributed by atoms with Crippen LogP contribution in [0.1, 0.15) is 38.2 Å². The molecule has 144 valence electrons. The Hall–Kier alpha value is -3.59. The predicted molar refractivity (Wildman–Crippen MR) is 116 cm³/mol. The fraction of sp³-hybridized carbons (Fsp3) is 0.115. The minimum absolute atomic E-state index is 0.102. The smallest absolute Gasteiger partial charge is 0.231 e.